The highest BCUT2D eigenvalue weighted by molar-refractivity contribution is 5.33. The number of aromatic nitrogens is 2. The van der Waals surface area contributed by atoms with E-state index in [0.717, 1.165) is 17.5 Å². The normalized spacial score (nSPS) is 10.7. The second kappa shape index (κ2) is 7.81. The van der Waals surface area contributed by atoms with Gasteiger partial charge in [0, 0.05) is 26.7 Å². The van der Waals surface area contributed by atoms with Gasteiger partial charge in [-0.3, -0.25) is 13.9 Å². The lowest BCUT2D eigenvalue weighted by molar-refractivity contribution is 0.614. The Kier molecular flexibility index (Phi) is 6.39. The molecule has 0 fully saturated rings. The molecule has 0 saturated heterocycles. The summed E-state index contributed by atoms with van der Waals surface area (Å²) < 4.78 is 2.58. The van der Waals surface area contributed by atoms with E-state index < -0.39 is 0 Å². The molecule has 0 spiro atoms. The molecule has 0 saturated carbocycles. The Balaban J connectivity index is 2.42. The fraction of sp³-hybridized carbons (Fsp3) is 0.714. The molecule has 1 N–H and O–H groups in total. The second-order valence-electron chi connectivity index (χ2n) is 4.96. The first-order chi connectivity index (χ1) is 9.07. The van der Waals surface area contributed by atoms with Crippen molar-refractivity contribution >= 4 is 5.82 Å². The van der Waals surface area contributed by atoms with Crippen LogP contribution in [-0.4, -0.2) is 15.7 Å². The van der Waals surface area contributed by atoms with Crippen LogP contribution in [0.5, 0.6) is 0 Å². The molecule has 1 rings (SSSR count). The highest BCUT2D eigenvalue weighted by Gasteiger charge is 2.04. The van der Waals surface area contributed by atoms with Crippen LogP contribution in [0.2, 0.25) is 0 Å². The van der Waals surface area contributed by atoms with E-state index in [1.165, 1.54) is 49.8 Å². The molecule has 0 aromatic carbocycles. The molecule has 5 heteroatoms. The Morgan fingerprint density at radius 1 is 1.00 bits per heavy atom. The van der Waals surface area contributed by atoms with E-state index in [1.807, 2.05) is 0 Å². The topological polar surface area (TPSA) is 56.0 Å². The lowest BCUT2D eigenvalue weighted by atomic mass is 10.1. The predicted octanol–water partition coefficient (Wildman–Crippen LogP) is 1.86. The van der Waals surface area contributed by atoms with Gasteiger partial charge in [-0.1, -0.05) is 39.0 Å². The summed E-state index contributed by atoms with van der Waals surface area (Å²) in [6.07, 6.45) is 7.36. The highest BCUT2D eigenvalue weighted by atomic mass is 16.2. The maximum atomic E-state index is 11.7. The first-order valence-corrected chi connectivity index (χ1v) is 7.09. The van der Waals surface area contributed by atoms with Gasteiger partial charge in [0.2, 0.25) is 0 Å². The number of rotatable bonds is 8. The highest BCUT2D eigenvalue weighted by Crippen LogP contribution is 2.05. The SMILES string of the molecule is CCCCCCCCNc1cc(=O)n(C)c(=O)n1C. The Labute approximate surface area is 114 Å². The molecular formula is C14H25N3O2. The Morgan fingerprint density at radius 3 is 2.32 bits per heavy atom. The zero-order valence-corrected chi connectivity index (χ0v) is 12.2. The van der Waals surface area contributed by atoms with Gasteiger partial charge in [-0.25, -0.2) is 4.79 Å². The van der Waals surface area contributed by atoms with Crippen LogP contribution < -0.4 is 16.6 Å². The minimum atomic E-state index is -0.294. The molecule has 5 nitrogen and oxygen atoms in total. The van der Waals surface area contributed by atoms with Gasteiger partial charge >= 0.3 is 5.69 Å². The number of unbranched alkanes of at least 4 members (excludes halogenated alkanes) is 5. The molecule has 1 aromatic heterocycles. The van der Waals surface area contributed by atoms with Gasteiger partial charge in [-0.05, 0) is 6.42 Å². The van der Waals surface area contributed by atoms with Crippen LogP contribution in [0, 0.1) is 0 Å². The third kappa shape index (κ3) is 4.58. The van der Waals surface area contributed by atoms with Gasteiger partial charge in [0.1, 0.15) is 5.82 Å². The van der Waals surface area contributed by atoms with Gasteiger partial charge in [-0.2, -0.15) is 0 Å². The van der Waals surface area contributed by atoms with Crippen molar-refractivity contribution in [3.63, 3.8) is 0 Å². The molecular weight excluding hydrogens is 242 g/mol. The molecule has 0 amide bonds. The maximum Gasteiger partial charge on any atom is 0.332 e. The minimum absolute atomic E-state index is 0.270. The van der Waals surface area contributed by atoms with Gasteiger partial charge in [0.15, 0.2) is 0 Å². The van der Waals surface area contributed by atoms with E-state index in [0.29, 0.717) is 5.82 Å². The molecule has 0 radical (unpaired) electrons. The van der Waals surface area contributed by atoms with E-state index >= 15 is 0 Å². The van der Waals surface area contributed by atoms with Gasteiger partial charge in [0.05, 0.1) is 0 Å². The van der Waals surface area contributed by atoms with Gasteiger partial charge in [-0.15, -0.1) is 0 Å². The van der Waals surface area contributed by atoms with E-state index in [1.54, 1.807) is 7.05 Å². The molecule has 0 unspecified atom stereocenters. The fourth-order valence-corrected chi connectivity index (χ4v) is 2.02. The minimum Gasteiger partial charge on any atom is -0.371 e. The predicted molar refractivity (Wildman–Crippen MR) is 78.8 cm³/mol. The fourth-order valence-electron chi connectivity index (χ4n) is 2.02. The first-order valence-electron chi connectivity index (χ1n) is 7.09. The zero-order chi connectivity index (χ0) is 14.3. The summed E-state index contributed by atoms with van der Waals surface area (Å²) in [5.41, 5.74) is -0.563. The van der Waals surface area contributed by atoms with Crippen LogP contribution in [0.15, 0.2) is 15.7 Å². The summed E-state index contributed by atoms with van der Waals surface area (Å²) in [7, 11) is 3.16. The summed E-state index contributed by atoms with van der Waals surface area (Å²) >= 11 is 0. The molecule has 108 valence electrons. The van der Waals surface area contributed by atoms with E-state index in [9.17, 15) is 9.59 Å². The van der Waals surface area contributed by atoms with Crippen LogP contribution in [0.4, 0.5) is 5.82 Å². The van der Waals surface area contributed by atoms with Crippen LogP contribution in [0.3, 0.4) is 0 Å². The number of anilines is 1. The van der Waals surface area contributed by atoms with Crippen LogP contribution >= 0.6 is 0 Å². The molecule has 1 heterocycles. The van der Waals surface area contributed by atoms with Crippen molar-refractivity contribution in [2.75, 3.05) is 11.9 Å². The second-order valence-corrected chi connectivity index (χ2v) is 4.96. The Morgan fingerprint density at radius 2 is 1.63 bits per heavy atom. The van der Waals surface area contributed by atoms with Crippen molar-refractivity contribution in [1.29, 1.82) is 0 Å². The molecule has 0 bridgehead atoms. The number of nitrogens with zero attached hydrogens (tertiary/aromatic N) is 2. The van der Waals surface area contributed by atoms with Crippen LogP contribution in [0.1, 0.15) is 45.4 Å². The number of hydrogen-bond acceptors (Lipinski definition) is 3. The van der Waals surface area contributed by atoms with Gasteiger partial charge < -0.3 is 5.32 Å². The smallest absolute Gasteiger partial charge is 0.332 e. The van der Waals surface area contributed by atoms with Crippen molar-refractivity contribution in [3.05, 3.63) is 26.9 Å². The first kappa shape index (κ1) is 15.5. The van der Waals surface area contributed by atoms with E-state index in [4.69, 9.17) is 0 Å². The van der Waals surface area contributed by atoms with Gasteiger partial charge in [0.25, 0.3) is 5.56 Å². The maximum absolute atomic E-state index is 11.7. The van der Waals surface area contributed by atoms with Crippen molar-refractivity contribution < 1.29 is 0 Å². The quantitative estimate of drug-likeness (QED) is 0.731. The Bertz CT molecular complexity index is 502. The monoisotopic (exact) mass is 267 g/mol. The molecule has 1 aromatic rings. The number of nitrogens with one attached hydrogen (secondary N) is 1. The Hall–Kier alpha value is -1.52. The van der Waals surface area contributed by atoms with Crippen molar-refractivity contribution in [3.8, 4) is 0 Å². The van der Waals surface area contributed by atoms with E-state index in [-0.39, 0.29) is 11.2 Å². The number of hydrogen-bond donors (Lipinski definition) is 1. The third-order valence-electron chi connectivity index (χ3n) is 3.36. The standard InChI is InChI=1S/C14H25N3O2/c1-4-5-6-7-8-9-10-15-12-11-13(18)17(3)14(19)16(12)2/h11,15H,4-10H2,1-3H3. The van der Waals surface area contributed by atoms with Crippen LogP contribution in [-0.2, 0) is 14.1 Å². The van der Waals surface area contributed by atoms with Crippen molar-refractivity contribution in [2.45, 2.75) is 45.4 Å². The molecule has 0 aliphatic rings. The zero-order valence-electron chi connectivity index (χ0n) is 12.2. The lowest BCUT2D eigenvalue weighted by Crippen LogP contribution is -2.37. The molecule has 0 aliphatic carbocycles. The van der Waals surface area contributed by atoms with E-state index in [2.05, 4.69) is 12.2 Å². The summed E-state index contributed by atoms with van der Waals surface area (Å²) in [5, 5.41) is 3.16. The average Bonchev–Trinajstić information content (AvgIpc) is 2.41. The average molecular weight is 267 g/mol. The van der Waals surface area contributed by atoms with Crippen LogP contribution in [0.25, 0.3) is 0 Å². The summed E-state index contributed by atoms with van der Waals surface area (Å²) in [6.45, 7) is 3.00. The summed E-state index contributed by atoms with van der Waals surface area (Å²) in [4.78, 5) is 23.2. The summed E-state index contributed by atoms with van der Waals surface area (Å²) in [5.74, 6) is 0.599. The van der Waals surface area contributed by atoms with Crippen molar-refractivity contribution in [2.24, 2.45) is 14.1 Å². The molecule has 0 aliphatic heterocycles. The third-order valence-corrected chi connectivity index (χ3v) is 3.36. The lowest BCUT2D eigenvalue weighted by Gasteiger charge is -2.11. The molecule has 19 heavy (non-hydrogen) atoms. The largest absolute Gasteiger partial charge is 0.371 e. The molecule has 0 atom stereocenters. The summed E-state index contributed by atoms with van der Waals surface area (Å²) in [6, 6.07) is 1.47. The van der Waals surface area contributed by atoms with Crippen molar-refractivity contribution in [1.82, 2.24) is 9.13 Å².